The molecule has 0 saturated heterocycles. The van der Waals surface area contributed by atoms with Crippen molar-refractivity contribution in [2.45, 2.75) is 33.4 Å². The molecule has 0 radical (unpaired) electrons. The Bertz CT molecular complexity index is 564. The lowest BCUT2D eigenvalue weighted by Gasteiger charge is -2.27. The molecular weight excluding hydrogens is 264 g/mol. The summed E-state index contributed by atoms with van der Waals surface area (Å²) in [5.74, 6) is 1.05. The van der Waals surface area contributed by atoms with E-state index in [0.29, 0.717) is 12.6 Å². The van der Waals surface area contributed by atoms with Gasteiger partial charge in [-0.05, 0) is 32.5 Å². The van der Waals surface area contributed by atoms with Crippen LogP contribution in [0.1, 0.15) is 26.5 Å². The van der Waals surface area contributed by atoms with Crippen molar-refractivity contribution in [1.29, 1.82) is 0 Å². The Morgan fingerprint density at radius 3 is 2.86 bits per heavy atom. The Balaban J connectivity index is 2.43. The summed E-state index contributed by atoms with van der Waals surface area (Å²) in [5.41, 5.74) is 2.20. The van der Waals surface area contributed by atoms with E-state index >= 15 is 0 Å². The highest BCUT2D eigenvalue weighted by Crippen LogP contribution is 2.23. The monoisotopic (exact) mass is 290 g/mol. The summed E-state index contributed by atoms with van der Waals surface area (Å²) in [6.45, 7) is 9.80. The zero-order chi connectivity index (χ0) is 15.2. The summed E-state index contributed by atoms with van der Waals surface area (Å²) in [5, 5.41) is 3.41. The van der Waals surface area contributed by atoms with Gasteiger partial charge in [-0.1, -0.05) is 13.0 Å². The molecule has 0 aliphatic heterocycles. The van der Waals surface area contributed by atoms with E-state index in [2.05, 4.69) is 41.6 Å². The maximum atomic E-state index is 5.25. The van der Waals surface area contributed by atoms with Crippen LogP contribution in [0, 0.1) is 0 Å². The minimum Gasteiger partial charge on any atom is -0.383 e. The van der Waals surface area contributed by atoms with Crippen molar-refractivity contribution in [3.8, 4) is 0 Å². The fourth-order valence-corrected chi connectivity index (χ4v) is 2.47. The molecule has 5 heteroatoms. The van der Waals surface area contributed by atoms with E-state index in [1.165, 1.54) is 5.69 Å². The number of imidazole rings is 1. The summed E-state index contributed by atoms with van der Waals surface area (Å²) in [6.07, 6.45) is 2.08. The number of pyridine rings is 1. The van der Waals surface area contributed by atoms with Crippen molar-refractivity contribution < 1.29 is 4.74 Å². The number of aromatic nitrogens is 2. The van der Waals surface area contributed by atoms with E-state index in [4.69, 9.17) is 9.72 Å². The number of anilines is 1. The van der Waals surface area contributed by atoms with Gasteiger partial charge in [0.05, 0.1) is 12.3 Å². The molecule has 2 heterocycles. The lowest BCUT2D eigenvalue weighted by atomic mass is 10.3. The van der Waals surface area contributed by atoms with Gasteiger partial charge in [0, 0.05) is 32.4 Å². The predicted molar refractivity (Wildman–Crippen MR) is 86.9 cm³/mol. The van der Waals surface area contributed by atoms with E-state index in [9.17, 15) is 0 Å². The van der Waals surface area contributed by atoms with Crippen LogP contribution in [-0.4, -0.2) is 42.2 Å². The molecule has 0 bridgehead atoms. The molecule has 0 unspecified atom stereocenters. The summed E-state index contributed by atoms with van der Waals surface area (Å²) in [4.78, 5) is 7.14. The highest BCUT2D eigenvalue weighted by molar-refractivity contribution is 5.56. The maximum Gasteiger partial charge on any atom is 0.152 e. The number of methoxy groups -OCH3 is 1. The first kappa shape index (κ1) is 15.8. The number of hydrogen-bond donors (Lipinski definition) is 1. The molecule has 116 valence electrons. The number of nitrogens with zero attached hydrogens (tertiary/aromatic N) is 3. The molecule has 2 aromatic heterocycles. The summed E-state index contributed by atoms with van der Waals surface area (Å²) in [7, 11) is 1.74. The highest BCUT2D eigenvalue weighted by atomic mass is 16.5. The zero-order valence-electron chi connectivity index (χ0n) is 13.5. The number of hydrogen-bond acceptors (Lipinski definition) is 4. The Hall–Kier alpha value is -1.59. The zero-order valence-corrected chi connectivity index (χ0v) is 13.5. The van der Waals surface area contributed by atoms with Gasteiger partial charge in [-0.15, -0.1) is 0 Å². The van der Waals surface area contributed by atoms with Crippen LogP contribution < -0.4 is 10.2 Å². The van der Waals surface area contributed by atoms with Crippen molar-refractivity contribution in [2.24, 2.45) is 0 Å². The lowest BCUT2D eigenvalue weighted by molar-refractivity contribution is 0.203. The van der Waals surface area contributed by atoms with Gasteiger partial charge in [0.15, 0.2) is 5.82 Å². The Labute approximate surface area is 126 Å². The van der Waals surface area contributed by atoms with Crippen LogP contribution >= 0.6 is 0 Å². The smallest absolute Gasteiger partial charge is 0.152 e. The SMILES string of the molecule is CCNCc1c(N(CCOC)C(C)C)nc2ccccn12. The minimum atomic E-state index is 0.380. The van der Waals surface area contributed by atoms with Crippen LogP contribution in [0.2, 0.25) is 0 Å². The average molecular weight is 290 g/mol. The lowest BCUT2D eigenvalue weighted by Crippen LogP contribution is -2.35. The van der Waals surface area contributed by atoms with E-state index in [-0.39, 0.29) is 0 Å². The van der Waals surface area contributed by atoms with Crippen LogP contribution in [-0.2, 0) is 11.3 Å². The van der Waals surface area contributed by atoms with Crippen molar-refractivity contribution in [3.63, 3.8) is 0 Å². The molecule has 0 atom stereocenters. The third-order valence-corrected chi connectivity index (χ3v) is 3.58. The van der Waals surface area contributed by atoms with Gasteiger partial charge >= 0.3 is 0 Å². The third kappa shape index (κ3) is 3.54. The van der Waals surface area contributed by atoms with Gasteiger partial charge in [-0.25, -0.2) is 4.98 Å². The van der Waals surface area contributed by atoms with Crippen LogP contribution in [0.25, 0.3) is 5.65 Å². The number of rotatable bonds is 8. The number of nitrogens with one attached hydrogen (secondary N) is 1. The third-order valence-electron chi connectivity index (χ3n) is 3.58. The van der Waals surface area contributed by atoms with Crippen LogP contribution in [0.15, 0.2) is 24.4 Å². The second-order valence-corrected chi connectivity index (χ2v) is 5.37. The summed E-state index contributed by atoms with van der Waals surface area (Å²) >= 11 is 0. The van der Waals surface area contributed by atoms with Crippen molar-refractivity contribution >= 4 is 11.5 Å². The van der Waals surface area contributed by atoms with Crippen LogP contribution in [0.3, 0.4) is 0 Å². The van der Waals surface area contributed by atoms with Gasteiger partial charge < -0.3 is 19.4 Å². The van der Waals surface area contributed by atoms with Gasteiger partial charge in [-0.3, -0.25) is 0 Å². The van der Waals surface area contributed by atoms with Gasteiger partial charge in [0.25, 0.3) is 0 Å². The molecule has 2 rings (SSSR count). The van der Waals surface area contributed by atoms with E-state index in [1.807, 2.05) is 18.2 Å². The van der Waals surface area contributed by atoms with Gasteiger partial charge in [-0.2, -0.15) is 0 Å². The average Bonchev–Trinajstić information content (AvgIpc) is 2.83. The van der Waals surface area contributed by atoms with E-state index in [1.54, 1.807) is 7.11 Å². The molecule has 21 heavy (non-hydrogen) atoms. The first-order chi connectivity index (χ1) is 10.2. The molecule has 2 aromatic rings. The molecule has 0 saturated carbocycles. The molecule has 1 N–H and O–H groups in total. The molecule has 0 aliphatic carbocycles. The van der Waals surface area contributed by atoms with Crippen molar-refractivity contribution in [1.82, 2.24) is 14.7 Å². The first-order valence-electron chi connectivity index (χ1n) is 7.61. The molecule has 0 amide bonds. The predicted octanol–water partition coefficient (Wildman–Crippen LogP) is 2.31. The van der Waals surface area contributed by atoms with Crippen LogP contribution in [0.4, 0.5) is 5.82 Å². The Kier molecular flexibility index (Phi) is 5.59. The fraction of sp³-hybridized carbons (Fsp3) is 0.562. The molecule has 0 aromatic carbocycles. The van der Waals surface area contributed by atoms with Gasteiger partial charge in [0.2, 0.25) is 0 Å². The maximum absolute atomic E-state index is 5.25. The summed E-state index contributed by atoms with van der Waals surface area (Å²) in [6, 6.07) is 6.50. The van der Waals surface area contributed by atoms with E-state index < -0.39 is 0 Å². The standard InChI is InChI=1S/C16H26N4O/c1-5-17-12-14-16(19(13(2)3)10-11-21-4)18-15-8-6-7-9-20(14)15/h6-9,13,17H,5,10-12H2,1-4H3. The van der Waals surface area contributed by atoms with Crippen molar-refractivity contribution in [2.75, 3.05) is 31.7 Å². The molecule has 0 fully saturated rings. The number of ether oxygens (including phenoxy) is 1. The Morgan fingerprint density at radius 1 is 1.38 bits per heavy atom. The van der Waals surface area contributed by atoms with Gasteiger partial charge in [0.1, 0.15) is 5.65 Å². The first-order valence-corrected chi connectivity index (χ1v) is 7.61. The second-order valence-electron chi connectivity index (χ2n) is 5.37. The summed E-state index contributed by atoms with van der Waals surface area (Å²) < 4.78 is 7.41. The van der Waals surface area contributed by atoms with Crippen molar-refractivity contribution in [3.05, 3.63) is 30.1 Å². The highest BCUT2D eigenvalue weighted by Gasteiger charge is 2.19. The number of fused-ring (bicyclic) bond motifs is 1. The fourth-order valence-electron chi connectivity index (χ4n) is 2.47. The Morgan fingerprint density at radius 2 is 2.19 bits per heavy atom. The normalized spacial score (nSPS) is 11.5. The quantitative estimate of drug-likeness (QED) is 0.810. The topological polar surface area (TPSA) is 41.8 Å². The second kappa shape index (κ2) is 7.43. The van der Waals surface area contributed by atoms with Crippen LogP contribution in [0.5, 0.6) is 0 Å². The minimum absolute atomic E-state index is 0.380. The van der Waals surface area contributed by atoms with E-state index in [0.717, 1.165) is 31.1 Å². The molecular formula is C16H26N4O. The molecule has 0 spiro atoms. The molecule has 5 nitrogen and oxygen atoms in total. The molecule has 0 aliphatic rings. The largest absolute Gasteiger partial charge is 0.383 e.